The van der Waals surface area contributed by atoms with Crippen molar-refractivity contribution in [3.8, 4) is 0 Å². The summed E-state index contributed by atoms with van der Waals surface area (Å²) in [5.41, 5.74) is 13.3. The van der Waals surface area contributed by atoms with Crippen LogP contribution in [0.5, 0.6) is 0 Å². The minimum absolute atomic E-state index is 0.195. The summed E-state index contributed by atoms with van der Waals surface area (Å²) in [6.07, 6.45) is 0. The van der Waals surface area contributed by atoms with Crippen molar-refractivity contribution in [3.05, 3.63) is 29.8 Å². The minimum Gasteiger partial charge on any atom is -0.464 e. The molecule has 0 aliphatic heterocycles. The van der Waals surface area contributed by atoms with Crippen molar-refractivity contribution in [2.75, 3.05) is 37.7 Å². The van der Waals surface area contributed by atoms with Crippen molar-refractivity contribution in [3.63, 3.8) is 0 Å². The van der Waals surface area contributed by atoms with Gasteiger partial charge in [0.1, 0.15) is 13.2 Å². The number of carbonyl (C=O) groups is 2. The number of carbonyl (C=O) groups excluding carboxylic acids is 2. The van der Waals surface area contributed by atoms with E-state index < -0.39 is 0 Å². The summed E-state index contributed by atoms with van der Waals surface area (Å²) in [4.78, 5) is 23.7. The zero-order valence-corrected chi connectivity index (χ0v) is 13.7. The Balaban J connectivity index is 2.71. The molecule has 128 valence electrons. The Morgan fingerprint density at radius 2 is 1.52 bits per heavy atom. The number of ether oxygens (including phenoxy) is 2. The van der Waals surface area contributed by atoms with Crippen LogP contribution in [0.3, 0.4) is 0 Å². The minimum atomic E-state index is -0.325. The molecule has 0 radical (unpaired) electrons. The molecule has 0 bridgehead atoms. The summed E-state index contributed by atoms with van der Waals surface area (Å²) < 4.78 is 9.95. The maximum absolute atomic E-state index is 10.9. The highest BCUT2D eigenvalue weighted by Crippen LogP contribution is 2.18. The van der Waals surface area contributed by atoms with Gasteiger partial charge in [-0.1, -0.05) is 12.1 Å². The van der Waals surface area contributed by atoms with Crippen molar-refractivity contribution in [1.29, 1.82) is 0 Å². The number of hydrogen-bond acceptors (Lipinski definition) is 7. The van der Waals surface area contributed by atoms with E-state index in [0.29, 0.717) is 19.6 Å². The molecule has 1 atom stereocenters. The van der Waals surface area contributed by atoms with Crippen LogP contribution in [0.4, 0.5) is 5.69 Å². The lowest BCUT2D eigenvalue weighted by atomic mass is 10.1. The summed E-state index contributed by atoms with van der Waals surface area (Å²) in [7, 11) is 0. The highest BCUT2D eigenvalue weighted by molar-refractivity contribution is 5.66. The highest BCUT2D eigenvalue weighted by Gasteiger charge is 2.10. The van der Waals surface area contributed by atoms with Gasteiger partial charge in [0.15, 0.2) is 0 Å². The second-order valence-electron chi connectivity index (χ2n) is 5.10. The van der Waals surface area contributed by atoms with Gasteiger partial charge in [0.05, 0.1) is 13.1 Å². The summed E-state index contributed by atoms with van der Waals surface area (Å²) in [5.74, 6) is -0.650. The average Bonchev–Trinajstić information content (AvgIpc) is 2.52. The van der Waals surface area contributed by atoms with Gasteiger partial charge in [-0.3, -0.25) is 9.59 Å². The van der Waals surface area contributed by atoms with E-state index in [2.05, 4.69) is 0 Å². The van der Waals surface area contributed by atoms with Gasteiger partial charge in [0.25, 0.3) is 0 Å². The molecular weight excluding hydrogens is 298 g/mol. The molecule has 0 aromatic heterocycles. The molecule has 1 rings (SSSR count). The molecule has 0 aliphatic rings. The van der Waals surface area contributed by atoms with Crippen molar-refractivity contribution in [2.24, 2.45) is 11.5 Å². The first kappa shape index (κ1) is 18.9. The van der Waals surface area contributed by atoms with E-state index >= 15 is 0 Å². The maximum atomic E-state index is 10.9. The molecule has 0 fully saturated rings. The Bertz CT molecular complexity index is 485. The van der Waals surface area contributed by atoms with Gasteiger partial charge < -0.3 is 25.8 Å². The maximum Gasteiger partial charge on any atom is 0.302 e. The average molecular weight is 323 g/mol. The number of benzene rings is 1. The standard InChI is InChI=1S/C16H25N3O4/c1-12(20)22-9-7-19(8-10-23-13(2)21)15-5-3-14(4-6-15)16(18)11-17/h3-6,16H,7-11,17-18H2,1-2H3. The van der Waals surface area contributed by atoms with Crippen LogP contribution < -0.4 is 16.4 Å². The van der Waals surface area contributed by atoms with Crippen molar-refractivity contribution < 1.29 is 19.1 Å². The molecule has 4 N–H and O–H groups in total. The number of rotatable bonds is 9. The molecule has 0 amide bonds. The Morgan fingerprint density at radius 3 is 1.91 bits per heavy atom. The molecule has 1 aromatic carbocycles. The molecule has 7 heteroatoms. The zero-order valence-electron chi connectivity index (χ0n) is 13.7. The molecule has 1 unspecified atom stereocenters. The first-order chi connectivity index (χ1) is 10.9. The van der Waals surface area contributed by atoms with Crippen LogP contribution in [-0.2, 0) is 19.1 Å². The normalized spacial score (nSPS) is 11.7. The number of esters is 2. The van der Waals surface area contributed by atoms with E-state index in [-0.39, 0.29) is 31.2 Å². The van der Waals surface area contributed by atoms with Crippen molar-refractivity contribution in [2.45, 2.75) is 19.9 Å². The fourth-order valence-electron chi connectivity index (χ4n) is 2.04. The molecule has 0 heterocycles. The number of hydrogen-bond donors (Lipinski definition) is 2. The third-order valence-electron chi connectivity index (χ3n) is 3.27. The van der Waals surface area contributed by atoms with Gasteiger partial charge in [-0.05, 0) is 17.7 Å². The van der Waals surface area contributed by atoms with Gasteiger partial charge in [-0.2, -0.15) is 0 Å². The second-order valence-corrected chi connectivity index (χ2v) is 5.10. The quantitative estimate of drug-likeness (QED) is 0.640. The van der Waals surface area contributed by atoms with E-state index in [0.717, 1.165) is 11.3 Å². The smallest absolute Gasteiger partial charge is 0.302 e. The third-order valence-corrected chi connectivity index (χ3v) is 3.27. The van der Waals surface area contributed by atoms with E-state index in [1.807, 2.05) is 29.2 Å². The molecule has 0 aliphatic carbocycles. The molecule has 0 saturated heterocycles. The summed E-state index contributed by atoms with van der Waals surface area (Å²) in [6, 6.07) is 7.48. The first-order valence-corrected chi connectivity index (χ1v) is 7.51. The highest BCUT2D eigenvalue weighted by atomic mass is 16.5. The lowest BCUT2D eigenvalue weighted by Crippen LogP contribution is -2.32. The van der Waals surface area contributed by atoms with E-state index in [1.165, 1.54) is 13.8 Å². The third kappa shape index (κ3) is 7.12. The predicted octanol–water partition coefficient (Wildman–Crippen LogP) is 0.578. The Hall–Kier alpha value is -2.12. The molecule has 0 spiro atoms. The van der Waals surface area contributed by atoms with Gasteiger partial charge in [0.2, 0.25) is 0 Å². The van der Waals surface area contributed by atoms with Crippen LogP contribution in [0.15, 0.2) is 24.3 Å². The summed E-state index contributed by atoms with van der Waals surface area (Å²) >= 11 is 0. The Kier molecular flexibility index (Phi) is 8.07. The Labute approximate surface area is 136 Å². The van der Waals surface area contributed by atoms with Gasteiger partial charge in [0, 0.05) is 32.1 Å². The lowest BCUT2D eigenvalue weighted by Gasteiger charge is -2.25. The monoisotopic (exact) mass is 323 g/mol. The van der Waals surface area contributed by atoms with E-state index in [9.17, 15) is 9.59 Å². The van der Waals surface area contributed by atoms with Crippen molar-refractivity contribution in [1.82, 2.24) is 0 Å². The zero-order chi connectivity index (χ0) is 17.2. The SMILES string of the molecule is CC(=O)OCCN(CCOC(C)=O)c1ccc(C(N)CN)cc1. The molecule has 0 saturated carbocycles. The van der Waals surface area contributed by atoms with E-state index in [1.54, 1.807) is 0 Å². The van der Waals surface area contributed by atoms with Crippen LogP contribution in [0.2, 0.25) is 0 Å². The number of anilines is 1. The van der Waals surface area contributed by atoms with Gasteiger partial charge >= 0.3 is 11.9 Å². The number of nitrogens with two attached hydrogens (primary N) is 2. The first-order valence-electron chi connectivity index (χ1n) is 7.51. The molecule has 7 nitrogen and oxygen atoms in total. The lowest BCUT2D eigenvalue weighted by molar-refractivity contribution is -0.141. The van der Waals surface area contributed by atoms with Crippen molar-refractivity contribution >= 4 is 17.6 Å². The topological polar surface area (TPSA) is 108 Å². The summed E-state index contributed by atoms with van der Waals surface area (Å²) in [5, 5.41) is 0. The van der Waals surface area contributed by atoms with Crippen LogP contribution in [0.25, 0.3) is 0 Å². The van der Waals surface area contributed by atoms with Crippen LogP contribution >= 0.6 is 0 Å². The number of nitrogens with zero attached hydrogens (tertiary/aromatic N) is 1. The van der Waals surface area contributed by atoms with Gasteiger partial charge in [-0.15, -0.1) is 0 Å². The van der Waals surface area contributed by atoms with Crippen LogP contribution in [-0.4, -0.2) is 44.8 Å². The molecular formula is C16H25N3O4. The van der Waals surface area contributed by atoms with E-state index in [4.69, 9.17) is 20.9 Å². The van der Waals surface area contributed by atoms with Crippen LogP contribution in [0.1, 0.15) is 25.5 Å². The molecule has 1 aromatic rings. The predicted molar refractivity (Wildman–Crippen MR) is 87.9 cm³/mol. The van der Waals surface area contributed by atoms with Gasteiger partial charge in [-0.25, -0.2) is 0 Å². The Morgan fingerprint density at radius 1 is 1.04 bits per heavy atom. The summed E-state index contributed by atoms with van der Waals surface area (Å²) in [6.45, 7) is 4.64. The second kappa shape index (κ2) is 9.81. The molecule has 23 heavy (non-hydrogen) atoms. The largest absolute Gasteiger partial charge is 0.464 e. The van der Waals surface area contributed by atoms with Crippen LogP contribution in [0, 0.1) is 0 Å². The fraction of sp³-hybridized carbons (Fsp3) is 0.500. The fourth-order valence-corrected chi connectivity index (χ4v) is 2.04.